The molecule has 12 heavy (non-hydrogen) atoms. The van der Waals surface area contributed by atoms with Crippen LogP contribution in [0.25, 0.3) is 0 Å². The van der Waals surface area contributed by atoms with E-state index in [4.69, 9.17) is 0 Å². The van der Waals surface area contributed by atoms with Crippen LogP contribution in [-0.4, -0.2) is 50.6 Å². The van der Waals surface area contributed by atoms with E-state index in [1.54, 1.807) is 0 Å². The number of hydrogen-bond acceptors (Lipinski definition) is 6. The lowest BCUT2D eigenvalue weighted by Crippen LogP contribution is -2.59. The second-order valence-corrected chi connectivity index (χ2v) is 1.98. The lowest BCUT2D eigenvalue weighted by molar-refractivity contribution is -0.530. The van der Waals surface area contributed by atoms with Crippen molar-refractivity contribution in [3.05, 3.63) is 0 Å². The Labute approximate surface area is 70.6 Å². The predicted octanol–water partition coefficient (Wildman–Crippen LogP) is -1.14. The van der Waals surface area contributed by atoms with Crippen LogP contribution in [0.2, 0.25) is 0 Å². The molecule has 0 aromatic heterocycles. The van der Waals surface area contributed by atoms with Crippen LogP contribution < -0.4 is 0 Å². The summed E-state index contributed by atoms with van der Waals surface area (Å²) in [5, 5.41) is 18.8. The van der Waals surface area contributed by atoms with Crippen LogP contribution in [0.5, 0.6) is 0 Å². The Morgan fingerprint density at radius 2 is 0.833 bits per heavy atom. The zero-order valence-electron chi connectivity index (χ0n) is 7.53. The van der Waals surface area contributed by atoms with Crippen molar-refractivity contribution in [2.24, 2.45) is 0 Å². The van der Waals surface area contributed by atoms with Crippen molar-refractivity contribution in [3.63, 3.8) is 0 Å². The van der Waals surface area contributed by atoms with Crippen LogP contribution in [-0.2, 0) is 18.9 Å². The quantitative estimate of drug-likeness (QED) is 0.523. The second-order valence-electron chi connectivity index (χ2n) is 1.98. The molecule has 0 atom stereocenters. The second kappa shape index (κ2) is 4.13. The first kappa shape index (κ1) is 11.8. The van der Waals surface area contributed by atoms with Gasteiger partial charge in [-0.2, -0.15) is 0 Å². The highest BCUT2D eigenvalue weighted by molar-refractivity contribution is 4.65. The van der Waals surface area contributed by atoms with Gasteiger partial charge in [-0.25, -0.2) is 0 Å². The number of ether oxygens (including phenoxy) is 4. The fourth-order valence-electron chi connectivity index (χ4n) is 0.683. The summed E-state index contributed by atoms with van der Waals surface area (Å²) in [6.45, 7) is 0. The van der Waals surface area contributed by atoms with Gasteiger partial charge in [0.15, 0.2) is 0 Å². The molecule has 0 spiro atoms. The number of aliphatic hydroxyl groups is 2. The summed E-state index contributed by atoms with van der Waals surface area (Å²) in [5.74, 6) is -4.70. The standard InChI is InChI=1S/C6H14O6/c1-9-5(7,10-2)6(8,11-3)12-4/h7-8H,1-4H3. The van der Waals surface area contributed by atoms with Crippen molar-refractivity contribution >= 4 is 0 Å². The Kier molecular flexibility index (Phi) is 4.04. The maximum absolute atomic E-state index is 9.40. The van der Waals surface area contributed by atoms with Crippen LogP contribution in [0.4, 0.5) is 0 Å². The molecule has 74 valence electrons. The van der Waals surface area contributed by atoms with E-state index >= 15 is 0 Å². The number of hydrogen-bond donors (Lipinski definition) is 2. The van der Waals surface area contributed by atoms with E-state index in [9.17, 15) is 10.2 Å². The first-order valence-electron chi connectivity index (χ1n) is 3.15. The third-order valence-electron chi connectivity index (χ3n) is 1.51. The monoisotopic (exact) mass is 182 g/mol. The molecule has 0 aliphatic rings. The van der Waals surface area contributed by atoms with Crippen molar-refractivity contribution < 1.29 is 29.2 Å². The Balaban J connectivity index is 4.66. The highest BCUT2D eigenvalue weighted by Crippen LogP contribution is 2.25. The highest BCUT2D eigenvalue weighted by Gasteiger charge is 2.54. The average Bonchev–Trinajstić information content (AvgIpc) is 2.15. The van der Waals surface area contributed by atoms with E-state index in [1.807, 2.05) is 0 Å². The molecule has 0 radical (unpaired) electrons. The molecule has 0 aliphatic carbocycles. The van der Waals surface area contributed by atoms with Gasteiger partial charge < -0.3 is 29.2 Å². The molecule has 0 rings (SSSR count). The molecule has 6 heteroatoms. The minimum Gasteiger partial charge on any atom is -0.337 e. The molecule has 2 N–H and O–H groups in total. The zero-order valence-corrected chi connectivity index (χ0v) is 7.53. The van der Waals surface area contributed by atoms with E-state index in [0.717, 1.165) is 28.4 Å². The lowest BCUT2D eigenvalue weighted by Gasteiger charge is -2.36. The van der Waals surface area contributed by atoms with Crippen molar-refractivity contribution in [1.82, 2.24) is 0 Å². The van der Waals surface area contributed by atoms with E-state index < -0.39 is 11.9 Å². The van der Waals surface area contributed by atoms with Gasteiger partial charge in [-0.15, -0.1) is 0 Å². The minimum absolute atomic E-state index is 1.13. The van der Waals surface area contributed by atoms with Crippen molar-refractivity contribution in [2.45, 2.75) is 11.9 Å². The molecule has 0 unspecified atom stereocenters. The van der Waals surface area contributed by atoms with Gasteiger partial charge in [0.2, 0.25) is 0 Å². The molecule has 0 aliphatic heterocycles. The Morgan fingerprint density at radius 3 is 0.917 bits per heavy atom. The topological polar surface area (TPSA) is 77.4 Å². The van der Waals surface area contributed by atoms with E-state index in [1.165, 1.54) is 0 Å². The fraction of sp³-hybridized carbons (Fsp3) is 1.00. The van der Waals surface area contributed by atoms with E-state index in [0.29, 0.717) is 0 Å². The molecular weight excluding hydrogens is 168 g/mol. The summed E-state index contributed by atoms with van der Waals surface area (Å²) in [6.07, 6.45) is 0. The van der Waals surface area contributed by atoms with Gasteiger partial charge in [-0.05, 0) is 0 Å². The van der Waals surface area contributed by atoms with Crippen LogP contribution in [0, 0.1) is 0 Å². The van der Waals surface area contributed by atoms with Gasteiger partial charge in [0, 0.05) is 28.4 Å². The van der Waals surface area contributed by atoms with Gasteiger partial charge in [-0.1, -0.05) is 0 Å². The van der Waals surface area contributed by atoms with E-state index in [2.05, 4.69) is 18.9 Å². The van der Waals surface area contributed by atoms with Gasteiger partial charge >= 0.3 is 11.9 Å². The van der Waals surface area contributed by atoms with Gasteiger partial charge in [0.1, 0.15) is 0 Å². The summed E-state index contributed by atoms with van der Waals surface area (Å²) < 4.78 is 17.9. The molecule has 0 amide bonds. The van der Waals surface area contributed by atoms with Gasteiger partial charge in [-0.3, -0.25) is 0 Å². The molecule has 0 bridgehead atoms. The fourth-order valence-corrected chi connectivity index (χ4v) is 0.683. The van der Waals surface area contributed by atoms with Crippen LogP contribution in [0.1, 0.15) is 0 Å². The maximum atomic E-state index is 9.40. The Hall–Kier alpha value is -0.240. The molecule has 0 aromatic carbocycles. The van der Waals surface area contributed by atoms with E-state index in [-0.39, 0.29) is 0 Å². The van der Waals surface area contributed by atoms with Crippen LogP contribution in [0.3, 0.4) is 0 Å². The molecular formula is C6H14O6. The molecule has 6 nitrogen and oxygen atoms in total. The largest absolute Gasteiger partial charge is 0.367 e. The number of rotatable bonds is 5. The van der Waals surface area contributed by atoms with Crippen molar-refractivity contribution in [1.29, 1.82) is 0 Å². The Bertz CT molecular complexity index is 112. The Morgan fingerprint density at radius 1 is 0.667 bits per heavy atom. The first-order valence-corrected chi connectivity index (χ1v) is 3.15. The highest BCUT2D eigenvalue weighted by atomic mass is 16.9. The molecule has 0 saturated heterocycles. The van der Waals surface area contributed by atoms with Crippen molar-refractivity contribution in [3.8, 4) is 0 Å². The van der Waals surface area contributed by atoms with Gasteiger partial charge in [0.25, 0.3) is 0 Å². The zero-order chi connectivity index (χ0) is 9.83. The molecule has 0 saturated carbocycles. The maximum Gasteiger partial charge on any atom is 0.367 e. The average molecular weight is 182 g/mol. The summed E-state index contributed by atoms with van der Waals surface area (Å²) in [6, 6.07) is 0. The third-order valence-corrected chi connectivity index (χ3v) is 1.51. The molecule has 0 fully saturated rings. The summed E-state index contributed by atoms with van der Waals surface area (Å²) >= 11 is 0. The molecule has 0 heterocycles. The smallest absolute Gasteiger partial charge is 0.337 e. The predicted molar refractivity (Wildman–Crippen MR) is 37.9 cm³/mol. The normalized spacial score (nSPS) is 13.5. The summed E-state index contributed by atoms with van der Waals surface area (Å²) in [7, 11) is 4.53. The van der Waals surface area contributed by atoms with Crippen LogP contribution in [0.15, 0.2) is 0 Å². The SMILES string of the molecule is COC(O)(OC)C(O)(OC)OC. The van der Waals surface area contributed by atoms with Crippen molar-refractivity contribution in [2.75, 3.05) is 28.4 Å². The van der Waals surface area contributed by atoms with Gasteiger partial charge in [0.05, 0.1) is 0 Å². The number of methoxy groups -OCH3 is 4. The minimum atomic E-state index is -2.35. The third kappa shape index (κ3) is 1.74. The van der Waals surface area contributed by atoms with Crippen LogP contribution >= 0.6 is 0 Å². The summed E-state index contributed by atoms with van der Waals surface area (Å²) in [5.41, 5.74) is 0. The first-order chi connectivity index (χ1) is 5.49. The molecule has 0 aromatic rings. The summed E-state index contributed by atoms with van der Waals surface area (Å²) in [4.78, 5) is 0. The lowest BCUT2D eigenvalue weighted by atomic mass is 10.4.